The molecule has 0 fully saturated rings. The van der Waals surface area contributed by atoms with Crippen LogP contribution >= 0.6 is 11.3 Å². The molecule has 5 heteroatoms. The SMILES string of the molecule is Cc1cccc(OCC(O)CNC(=O)c2cccs2)c1. The first-order chi connectivity index (χ1) is 9.65. The van der Waals surface area contributed by atoms with E-state index >= 15 is 0 Å². The van der Waals surface area contributed by atoms with Crippen molar-refractivity contribution >= 4 is 17.2 Å². The number of carbonyl (C=O) groups is 1. The molecule has 0 radical (unpaired) electrons. The molecule has 2 N–H and O–H groups in total. The lowest BCUT2D eigenvalue weighted by atomic mass is 10.2. The third-order valence-corrected chi connectivity index (χ3v) is 3.54. The summed E-state index contributed by atoms with van der Waals surface area (Å²) < 4.78 is 5.47. The number of hydrogen-bond donors (Lipinski definition) is 2. The Labute approximate surface area is 122 Å². The summed E-state index contributed by atoms with van der Waals surface area (Å²) >= 11 is 1.37. The van der Waals surface area contributed by atoms with E-state index in [0.717, 1.165) is 5.56 Å². The molecule has 1 atom stereocenters. The average Bonchev–Trinajstić information content (AvgIpc) is 2.97. The number of hydrogen-bond acceptors (Lipinski definition) is 4. The van der Waals surface area contributed by atoms with Gasteiger partial charge in [-0.25, -0.2) is 0 Å². The van der Waals surface area contributed by atoms with Crippen LogP contribution in [-0.4, -0.2) is 30.3 Å². The van der Waals surface area contributed by atoms with Crippen LogP contribution in [-0.2, 0) is 0 Å². The molecule has 0 aliphatic rings. The van der Waals surface area contributed by atoms with Gasteiger partial charge in [0.2, 0.25) is 0 Å². The first-order valence-corrected chi connectivity index (χ1v) is 7.22. The van der Waals surface area contributed by atoms with Gasteiger partial charge in [-0.15, -0.1) is 11.3 Å². The van der Waals surface area contributed by atoms with E-state index in [2.05, 4.69) is 5.32 Å². The maximum Gasteiger partial charge on any atom is 0.261 e. The fourth-order valence-electron chi connectivity index (χ4n) is 1.66. The van der Waals surface area contributed by atoms with Crippen LogP contribution in [0, 0.1) is 6.92 Å². The first-order valence-electron chi connectivity index (χ1n) is 6.34. The van der Waals surface area contributed by atoms with Crippen molar-refractivity contribution in [2.45, 2.75) is 13.0 Å². The van der Waals surface area contributed by atoms with E-state index in [1.54, 1.807) is 6.07 Å². The molecule has 106 valence electrons. The minimum absolute atomic E-state index is 0.147. The van der Waals surface area contributed by atoms with E-state index in [0.29, 0.717) is 10.6 Å². The smallest absolute Gasteiger partial charge is 0.261 e. The molecule has 0 bridgehead atoms. The fraction of sp³-hybridized carbons (Fsp3) is 0.267. The average molecular weight is 291 g/mol. The molecular formula is C15H17NO3S. The van der Waals surface area contributed by atoms with Gasteiger partial charge in [0, 0.05) is 6.54 Å². The van der Waals surface area contributed by atoms with Gasteiger partial charge in [-0.05, 0) is 36.1 Å². The van der Waals surface area contributed by atoms with Gasteiger partial charge in [-0.3, -0.25) is 4.79 Å². The van der Waals surface area contributed by atoms with Crippen molar-refractivity contribution in [1.82, 2.24) is 5.32 Å². The van der Waals surface area contributed by atoms with Crippen LogP contribution < -0.4 is 10.1 Å². The van der Waals surface area contributed by atoms with Gasteiger partial charge in [0.05, 0.1) is 4.88 Å². The molecule has 2 aromatic rings. The molecule has 0 aliphatic carbocycles. The lowest BCUT2D eigenvalue weighted by molar-refractivity contribution is 0.0847. The fourth-order valence-corrected chi connectivity index (χ4v) is 2.30. The number of amides is 1. The van der Waals surface area contributed by atoms with Crippen LogP contribution in [0.3, 0.4) is 0 Å². The molecule has 1 amide bonds. The minimum atomic E-state index is -0.737. The highest BCUT2D eigenvalue weighted by Gasteiger charge is 2.10. The summed E-state index contributed by atoms with van der Waals surface area (Å²) in [6.45, 7) is 2.29. The molecule has 1 heterocycles. The molecule has 2 rings (SSSR count). The van der Waals surface area contributed by atoms with E-state index in [1.807, 2.05) is 42.6 Å². The monoisotopic (exact) mass is 291 g/mol. The van der Waals surface area contributed by atoms with Gasteiger partial charge in [-0.2, -0.15) is 0 Å². The van der Waals surface area contributed by atoms with Crippen molar-refractivity contribution in [3.8, 4) is 5.75 Å². The molecule has 0 spiro atoms. The van der Waals surface area contributed by atoms with Crippen molar-refractivity contribution in [2.24, 2.45) is 0 Å². The van der Waals surface area contributed by atoms with Crippen molar-refractivity contribution in [3.63, 3.8) is 0 Å². The lowest BCUT2D eigenvalue weighted by Crippen LogP contribution is -2.34. The standard InChI is InChI=1S/C15H17NO3S/c1-11-4-2-5-13(8-11)19-10-12(17)9-16-15(18)14-6-3-7-20-14/h2-8,12,17H,9-10H2,1H3,(H,16,18). The van der Waals surface area contributed by atoms with Crippen molar-refractivity contribution < 1.29 is 14.6 Å². The highest BCUT2D eigenvalue weighted by atomic mass is 32.1. The summed E-state index contributed by atoms with van der Waals surface area (Å²) in [6, 6.07) is 11.2. The number of nitrogens with one attached hydrogen (secondary N) is 1. The summed E-state index contributed by atoms with van der Waals surface area (Å²) in [6.07, 6.45) is -0.737. The van der Waals surface area contributed by atoms with Gasteiger partial charge in [0.25, 0.3) is 5.91 Å². The second-order valence-corrected chi connectivity index (χ2v) is 5.42. The summed E-state index contributed by atoms with van der Waals surface area (Å²) in [5.41, 5.74) is 1.10. The first kappa shape index (κ1) is 14.6. The van der Waals surface area contributed by atoms with Crippen LogP contribution in [0.2, 0.25) is 0 Å². The number of aliphatic hydroxyl groups is 1. The van der Waals surface area contributed by atoms with Gasteiger partial charge in [0.15, 0.2) is 0 Å². The molecule has 0 aliphatic heterocycles. The van der Waals surface area contributed by atoms with Gasteiger partial charge >= 0.3 is 0 Å². The van der Waals surface area contributed by atoms with Crippen molar-refractivity contribution in [3.05, 3.63) is 52.2 Å². The molecule has 4 nitrogen and oxygen atoms in total. The summed E-state index contributed by atoms with van der Waals surface area (Å²) in [5.74, 6) is 0.545. The number of thiophene rings is 1. The quantitative estimate of drug-likeness (QED) is 0.858. The molecule has 1 aromatic heterocycles. The Balaban J connectivity index is 1.73. The van der Waals surface area contributed by atoms with Crippen LogP contribution in [0.5, 0.6) is 5.75 Å². The summed E-state index contributed by atoms with van der Waals surface area (Å²) in [5, 5.41) is 14.3. The molecular weight excluding hydrogens is 274 g/mol. The zero-order valence-corrected chi connectivity index (χ0v) is 12.0. The Morgan fingerprint density at radius 2 is 2.25 bits per heavy atom. The van der Waals surface area contributed by atoms with E-state index < -0.39 is 6.10 Å². The zero-order chi connectivity index (χ0) is 14.4. The molecule has 20 heavy (non-hydrogen) atoms. The Bertz CT molecular complexity index is 554. The van der Waals surface area contributed by atoms with E-state index in [-0.39, 0.29) is 19.1 Å². The number of aryl methyl sites for hydroxylation is 1. The van der Waals surface area contributed by atoms with Crippen molar-refractivity contribution in [1.29, 1.82) is 0 Å². The highest BCUT2D eigenvalue weighted by molar-refractivity contribution is 7.12. The maximum atomic E-state index is 11.7. The van der Waals surface area contributed by atoms with Crippen LogP contribution in [0.25, 0.3) is 0 Å². The number of rotatable bonds is 6. The predicted octanol–water partition coefficient (Wildman–Crippen LogP) is 2.23. The molecule has 1 aromatic carbocycles. The largest absolute Gasteiger partial charge is 0.491 e. The Morgan fingerprint density at radius 3 is 2.95 bits per heavy atom. The number of benzene rings is 1. The highest BCUT2D eigenvalue weighted by Crippen LogP contribution is 2.12. The topological polar surface area (TPSA) is 58.6 Å². The third kappa shape index (κ3) is 4.36. The summed E-state index contributed by atoms with van der Waals surface area (Å²) in [4.78, 5) is 12.3. The number of ether oxygens (including phenoxy) is 1. The Kier molecular flexibility index (Phi) is 5.15. The molecule has 1 unspecified atom stereocenters. The van der Waals surface area contributed by atoms with E-state index in [9.17, 15) is 9.90 Å². The molecule has 0 saturated carbocycles. The maximum absolute atomic E-state index is 11.7. The Hall–Kier alpha value is -1.85. The van der Waals surface area contributed by atoms with Crippen molar-refractivity contribution in [2.75, 3.05) is 13.2 Å². The zero-order valence-electron chi connectivity index (χ0n) is 11.2. The summed E-state index contributed by atoms with van der Waals surface area (Å²) in [7, 11) is 0. The van der Waals surface area contributed by atoms with Gasteiger partial charge in [0.1, 0.15) is 18.5 Å². The van der Waals surface area contributed by atoms with Gasteiger partial charge < -0.3 is 15.2 Å². The lowest BCUT2D eigenvalue weighted by Gasteiger charge is -2.13. The number of carbonyl (C=O) groups excluding carboxylic acids is 1. The van der Waals surface area contributed by atoms with Crippen LogP contribution in [0.15, 0.2) is 41.8 Å². The minimum Gasteiger partial charge on any atom is -0.491 e. The second kappa shape index (κ2) is 7.07. The van der Waals surface area contributed by atoms with E-state index in [4.69, 9.17) is 4.74 Å². The normalized spacial score (nSPS) is 11.9. The molecule has 0 saturated heterocycles. The van der Waals surface area contributed by atoms with Gasteiger partial charge in [-0.1, -0.05) is 18.2 Å². The third-order valence-electron chi connectivity index (χ3n) is 2.68. The van der Waals surface area contributed by atoms with Crippen LogP contribution in [0.4, 0.5) is 0 Å². The second-order valence-electron chi connectivity index (χ2n) is 4.47. The Morgan fingerprint density at radius 1 is 1.40 bits per heavy atom. The van der Waals surface area contributed by atoms with E-state index in [1.165, 1.54) is 11.3 Å². The van der Waals surface area contributed by atoms with Crippen LogP contribution in [0.1, 0.15) is 15.2 Å². The predicted molar refractivity (Wildman–Crippen MR) is 79.3 cm³/mol. The number of aliphatic hydroxyl groups excluding tert-OH is 1.